The molecule has 35 heavy (non-hydrogen) atoms. The smallest absolute Gasteiger partial charge is 0.411 e. The third-order valence-electron chi connectivity index (χ3n) is 6.31. The summed E-state index contributed by atoms with van der Waals surface area (Å²) in [6.45, 7) is 5.08. The van der Waals surface area contributed by atoms with E-state index in [0.717, 1.165) is 22.3 Å². The number of fused-ring (bicyclic) bond motifs is 3. The zero-order chi connectivity index (χ0) is 25.2. The van der Waals surface area contributed by atoms with Gasteiger partial charge in [0.25, 0.3) is 0 Å². The van der Waals surface area contributed by atoms with E-state index in [1.54, 1.807) is 20.8 Å². The molecule has 9 heteroatoms. The second-order valence-electron chi connectivity index (χ2n) is 8.96. The zero-order valence-electron chi connectivity index (χ0n) is 19.8. The predicted molar refractivity (Wildman–Crippen MR) is 130 cm³/mol. The molecule has 182 valence electrons. The number of anilines is 1. The number of ether oxygens (including phenoxy) is 1. The molecule has 1 heterocycles. The SMILES string of the molecule is CC[C@@H](NC(=O)C(C)(C)n1cc(NC(=O)OCC2c3ccccc3-c3ccccc32)cn1)C(=O)O. The molecule has 0 bridgehead atoms. The first-order valence-corrected chi connectivity index (χ1v) is 11.4. The van der Waals surface area contributed by atoms with Crippen LogP contribution in [0.5, 0.6) is 0 Å². The first-order chi connectivity index (χ1) is 16.7. The molecule has 0 radical (unpaired) electrons. The molecule has 3 N–H and O–H groups in total. The van der Waals surface area contributed by atoms with Crippen LogP contribution in [0.15, 0.2) is 60.9 Å². The maximum atomic E-state index is 12.7. The normalized spacial score (nSPS) is 13.5. The molecule has 2 amide bonds. The van der Waals surface area contributed by atoms with Gasteiger partial charge in [0, 0.05) is 12.1 Å². The Bertz CT molecular complexity index is 1220. The van der Waals surface area contributed by atoms with E-state index in [2.05, 4.69) is 27.9 Å². The van der Waals surface area contributed by atoms with Crippen molar-refractivity contribution < 1.29 is 24.2 Å². The third-order valence-corrected chi connectivity index (χ3v) is 6.31. The number of carbonyl (C=O) groups is 3. The predicted octanol–water partition coefficient (Wildman–Crippen LogP) is 3.96. The average molecular weight is 477 g/mol. The molecular weight excluding hydrogens is 448 g/mol. The van der Waals surface area contributed by atoms with Crippen LogP contribution >= 0.6 is 0 Å². The minimum Gasteiger partial charge on any atom is -0.480 e. The van der Waals surface area contributed by atoms with Gasteiger partial charge < -0.3 is 15.2 Å². The van der Waals surface area contributed by atoms with Crippen LogP contribution in [0, 0.1) is 0 Å². The largest absolute Gasteiger partial charge is 0.480 e. The van der Waals surface area contributed by atoms with Crippen molar-refractivity contribution in [1.82, 2.24) is 15.1 Å². The maximum Gasteiger partial charge on any atom is 0.411 e. The van der Waals surface area contributed by atoms with Gasteiger partial charge in [0.1, 0.15) is 18.2 Å². The van der Waals surface area contributed by atoms with Crippen molar-refractivity contribution in [2.24, 2.45) is 0 Å². The monoisotopic (exact) mass is 476 g/mol. The summed E-state index contributed by atoms with van der Waals surface area (Å²) in [4.78, 5) is 36.5. The number of rotatable bonds is 8. The highest BCUT2D eigenvalue weighted by atomic mass is 16.5. The number of carbonyl (C=O) groups excluding carboxylic acids is 2. The van der Waals surface area contributed by atoms with Crippen molar-refractivity contribution >= 4 is 23.7 Å². The Labute approximate surface area is 203 Å². The first-order valence-electron chi connectivity index (χ1n) is 11.4. The van der Waals surface area contributed by atoms with Gasteiger partial charge in [-0.15, -0.1) is 0 Å². The van der Waals surface area contributed by atoms with Gasteiger partial charge in [-0.05, 0) is 42.5 Å². The molecule has 4 rings (SSSR count). The van der Waals surface area contributed by atoms with E-state index in [4.69, 9.17) is 4.74 Å². The highest BCUT2D eigenvalue weighted by Crippen LogP contribution is 2.44. The Balaban J connectivity index is 1.39. The molecule has 9 nitrogen and oxygen atoms in total. The number of nitrogens with one attached hydrogen (secondary N) is 2. The Kier molecular flexibility index (Phi) is 6.59. The lowest BCUT2D eigenvalue weighted by atomic mass is 9.98. The highest BCUT2D eigenvalue weighted by molar-refractivity contribution is 5.88. The number of carboxylic acids is 1. The quantitative estimate of drug-likeness (QED) is 0.452. The minimum absolute atomic E-state index is 0.0563. The third kappa shape index (κ3) is 4.75. The van der Waals surface area contributed by atoms with E-state index < -0.39 is 29.6 Å². The van der Waals surface area contributed by atoms with E-state index in [-0.39, 0.29) is 18.9 Å². The molecule has 3 aromatic rings. The van der Waals surface area contributed by atoms with Gasteiger partial charge in [-0.2, -0.15) is 5.10 Å². The summed E-state index contributed by atoms with van der Waals surface area (Å²) in [6.07, 6.45) is 2.53. The van der Waals surface area contributed by atoms with Crippen LogP contribution in [0.3, 0.4) is 0 Å². The van der Waals surface area contributed by atoms with Crippen molar-refractivity contribution in [3.05, 3.63) is 72.1 Å². The minimum atomic E-state index is -1.18. The number of benzene rings is 2. The van der Waals surface area contributed by atoms with E-state index in [1.807, 2.05) is 36.4 Å². The fourth-order valence-electron chi connectivity index (χ4n) is 4.22. The van der Waals surface area contributed by atoms with Crippen LogP contribution in [0.1, 0.15) is 44.2 Å². The lowest BCUT2D eigenvalue weighted by molar-refractivity contribution is -0.143. The summed E-state index contributed by atoms with van der Waals surface area (Å²) in [7, 11) is 0. The van der Waals surface area contributed by atoms with Gasteiger partial charge >= 0.3 is 12.1 Å². The molecule has 0 unspecified atom stereocenters. The molecule has 0 saturated heterocycles. The van der Waals surface area contributed by atoms with Crippen molar-refractivity contribution in [2.45, 2.75) is 44.7 Å². The Morgan fingerprint density at radius 2 is 1.69 bits per heavy atom. The Morgan fingerprint density at radius 3 is 2.26 bits per heavy atom. The van der Waals surface area contributed by atoms with Gasteiger partial charge in [-0.25, -0.2) is 9.59 Å². The second-order valence-corrected chi connectivity index (χ2v) is 8.96. The molecule has 2 aromatic carbocycles. The van der Waals surface area contributed by atoms with Crippen molar-refractivity contribution in [1.29, 1.82) is 0 Å². The number of nitrogens with zero attached hydrogens (tertiary/aromatic N) is 2. The van der Waals surface area contributed by atoms with Crippen LogP contribution < -0.4 is 10.6 Å². The van der Waals surface area contributed by atoms with Crippen LogP contribution in [0.4, 0.5) is 10.5 Å². The number of amides is 2. The molecule has 0 fully saturated rings. The summed E-state index contributed by atoms with van der Waals surface area (Å²) in [5.74, 6) is -1.66. The number of hydrogen-bond acceptors (Lipinski definition) is 5. The van der Waals surface area contributed by atoms with Crippen molar-refractivity contribution in [2.75, 3.05) is 11.9 Å². The topological polar surface area (TPSA) is 123 Å². The summed E-state index contributed by atoms with van der Waals surface area (Å²) >= 11 is 0. The fraction of sp³-hybridized carbons (Fsp3) is 0.308. The van der Waals surface area contributed by atoms with Crippen LogP contribution in [0.2, 0.25) is 0 Å². The molecule has 1 aromatic heterocycles. The van der Waals surface area contributed by atoms with E-state index >= 15 is 0 Å². The Hall–Kier alpha value is -4.14. The first kappa shape index (κ1) is 24.0. The number of carboxylic acid groups (broad SMARTS) is 1. The molecular formula is C26H28N4O5. The lowest BCUT2D eigenvalue weighted by Gasteiger charge is -2.26. The van der Waals surface area contributed by atoms with Gasteiger partial charge in [0.05, 0.1) is 11.9 Å². The molecule has 1 aliphatic rings. The van der Waals surface area contributed by atoms with E-state index in [9.17, 15) is 19.5 Å². The molecule has 1 aliphatic carbocycles. The number of hydrogen-bond donors (Lipinski definition) is 3. The lowest BCUT2D eigenvalue weighted by Crippen LogP contribution is -2.50. The maximum absolute atomic E-state index is 12.7. The van der Waals surface area contributed by atoms with Crippen LogP contribution in [0.25, 0.3) is 11.1 Å². The van der Waals surface area contributed by atoms with E-state index in [0.29, 0.717) is 5.69 Å². The van der Waals surface area contributed by atoms with Crippen LogP contribution in [-0.2, 0) is 19.9 Å². The average Bonchev–Trinajstić information content (AvgIpc) is 3.44. The molecule has 1 atom stereocenters. The Morgan fingerprint density at radius 1 is 1.09 bits per heavy atom. The summed E-state index contributed by atoms with van der Waals surface area (Å²) in [5, 5.41) is 18.5. The zero-order valence-corrected chi connectivity index (χ0v) is 19.8. The highest BCUT2D eigenvalue weighted by Gasteiger charge is 2.34. The van der Waals surface area contributed by atoms with Crippen LogP contribution in [-0.4, -0.2) is 45.5 Å². The van der Waals surface area contributed by atoms with Gasteiger partial charge in [-0.1, -0.05) is 55.5 Å². The number of aliphatic carboxylic acids is 1. The summed E-state index contributed by atoms with van der Waals surface area (Å²) in [5.41, 5.74) is 3.71. The fourth-order valence-corrected chi connectivity index (χ4v) is 4.22. The number of aromatic nitrogens is 2. The van der Waals surface area contributed by atoms with Gasteiger partial charge in [0.2, 0.25) is 5.91 Å². The summed E-state index contributed by atoms with van der Waals surface area (Å²) in [6, 6.07) is 15.2. The van der Waals surface area contributed by atoms with Gasteiger partial charge in [-0.3, -0.25) is 14.8 Å². The van der Waals surface area contributed by atoms with Crippen molar-refractivity contribution in [3.8, 4) is 11.1 Å². The standard InChI is InChI=1S/C26H28N4O5/c1-4-22(23(31)32)29-24(33)26(2,3)30-14-16(13-27-30)28-25(34)35-15-21-19-11-7-5-9-17(19)18-10-6-8-12-20(18)21/h5-14,21-22H,4,15H2,1-3H3,(H,28,34)(H,29,33)(H,31,32)/t22-/m1/s1. The van der Waals surface area contributed by atoms with Gasteiger partial charge in [0.15, 0.2) is 0 Å². The molecule has 0 saturated carbocycles. The molecule has 0 aliphatic heterocycles. The van der Waals surface area contributed by atoms with E-state index in [1.165, 1.54) is 17.1 Å². The molecule has 0 spiro atoms. The second kappa shape index (κ2) is 9.61. The van der Waals surface area contributed by atoms with Crippen molar-refractivity contribution in [3.63, 3.8) is 0 Å². The summed E-state index contributed by atoms with van der Waals surface area (Å²) < 4.78 is 6.92.